The van der Waals surface area contributed by atoms with Gasteiger partial charge in [-0.25, -0.2) is 0 Å². The number of rotatable bonds is 4. The third-order valence-electron chi connectivity index (χ3n) is 4.33. The molecule has 2 nitrogen and oxygen atoms in total. The molecule has 2 rings (SSSR count). The number of likely N-dealkylation sites (N-methyl/N-ethyl adjacent to an activating group) is 1. The van der Waals surface area contributed by atoms with Gasteiger partial charge in [-0.3, -0.25) is 9.69 Å². The minimum absolute atomic E-state index is 0.231. The highest BCUT2D eigenvalue weighted by atomic mass is 79.9. The van der Waals surface area contributed by atoms with Crippen molar-refractivity contribution >= 4 is 21.7 Å². The molecule has 0 amide bonds. The van der Waals surface area contributed by atoms with E-state index in [0.29, 0.717) is 12.2 Å². The first kappa shape index (κ1) is 14.7. The van der Waals surface area contributed by atoms with E-state index in [-0.39, 0.29) is 5.54 Å². The summed E-state index contributed by atoms with van der Waals surface area (Å²) in [7, 11) is 4.09. The molecule has 0 aromatic heterocycles. The lowest BCUT2D eigenvalue weighted by atomic mass is 9.76. The van der Waals surface area contributed by atoms with Crippen LogP contribution in [0, 0.1) is 0 Å². The van der Waals surface area contributed by atoms with E-state index in [0.717, 1.165) is 22.9 Å². The van der Waals surface area contributed by atoms with Crippen molar-refractivity contribution in [1.82, 2.24) is 4.90 Å². The van der Waals surface area contributed by atoms with Crippen LogP contribution in [0.2, 0.25) is 0 Å². The summed E-state index contributed by atoms with van der Waals surface area (Å²) in [6.07, 6.45) is 6.17. The molecule has 19 heavy (non-hydrogen) atoms. The van der Waals surface area contributed by atoms with Gasteiger partial charge in [0.25, 0.3) is 0 Å². The van der Waals surface area contributed by atoms with Crippen LogP contribution in [0.25, 0.3) is 0 Å². The highest BCUT2D eigenvalue weighted by molar-refractivity contribution is 9.10. The van der Waals surface area contributed by atoms with Crippen molar-refractivity contribution in [2.24, 2.45) is 0 Å². The summed E-state index contributed by atoms with van der Waals surface area (Å²) < 4.78 is 1.06. The van der Waals surface area contributed by atoms with Crippen molar-refractivity contribution in [3.63, 3.8) is 0 Å². The number of benzene rings is 1. The summed E-state index contributed by atoms with van der Waals surface area (Å²) in [5.74, 6) is 0.375. The Hall–Kier alpha value is -0.670. The smallest absolute Gasteiger partial charge is 0.157 e. The lowest BCUT2D eigenvalue weighted by Crippen LogP contribution is -2.53. The number of carbonyl (C=O) groups excluding carboxylic acids is 1. The van der Waals surface area contributed by atoms with Crippen LogP contribution in [0.5, 0.6) is 0 Å². The molecule has 0 unspecified atom stereocenters. The second kappa shape index (κ2) is 6.19. The third kappa shape index (κ3) is 3.26. The fraction of sp³-hybridized carbons (Fsp3) is 0.562. The van der Waals surface area contributed by atoms with Gasteiger partial charge in [-0.2, -0.15) is 0 Å². The van der Waals surface area contributed by atoms with Gasteiger partial charge in [0.1, 0.15) is 0 Å². The Labute approximate surface area is 124 Å². The summed E-state index contributed by atoms with van der Waals surface area (Å²) in [5.41, 5.74) is 0.880. The zero-order valence-corrected chi connectivity index (χ0v) is 13.4. The molecule has 0 aliphatic heterocycles. The van der Waals surface area contributed by atoms with Crippen molar-refractivity contribution in [3.8, 4) is 0 Å². The summed E-state index contributed by atoms with van der Waals surface area (Å²) in [6.45, 7) is 0. The lowest BCUT2D eigenvalue weighted by molar-refractivity contribution is -0.131. The van der Waals surface area contributed by atoms with E-state index < -0.39 is 0 Å². The normalized spacial score (nSPS) is 18.5. The van der Waals surface area contributed by atoms with Gasteiger partial charge in [0.05, 0.1) is 5.54 Å². The topological polar surface area (TPSA) is 20.3 Å². The molecular weight excluding hydrogens is 302 g/mol. The summed E-state index contributed by atoms with van der Waals surface area (Å²) in [6, 6.07) is 8.08. The molecule has 1 saturated carbocycles. The first-order valence-electron chi connectivity index (χ1n) is 7.00. The van der Waals surface area contributed by atoms with Crippen molar-refractivity contribution in [1.29, 1.82) is 0 Å². The molecule has 3 heteroatoms. The van der Waals surface area contributed by atoms with E-state index in [2.05, 4.69) is 20.8 Å². The molecule has 1 aromatic carbocycles. The molecule has 0 atom stereocenters. The van der Waals surface area contributed by atoms with Crippen LogP contribution in [0.1, 0.15) is 37.7 Å². The van der Waals surface area contributed by atoms with Gasteiger partial charge in [0.2, 0.25) is 0 Å². The number of hydrogen-bond donors (Lipinski definition) is 0. The van der Waals surface area contributed by atoms with Crippen molar-refractivity contribution < 1.29 is 4.79 Å². The Morgan fingerprint density at radius 3 is 2.26 bits per heavy atom. The van der Waals surface area contributed by atoms with E-state index in [9.17, 15) is 4.79 Å². The standard InChI is InChI=1S/C16H22BrNO/c1-18(2)16(10-4-3-5-11-16)15(19)12-13-6-8-14(17)9-7-13/h6-9H,3-5,10-12H2,1-2H3. The minimum Gasteiger partial charge on any atom is -0.297 e. The second-order valence-corrected chi connectivity index (χ2v) is 6.63. The molecule has 0 bridgehead atoms. The molecule has 0 heterocycles. The summed E-state index contributed by atoms with van der Waals surface area (Å²) >= 11 is 3.43. The second-order valence-electron chi connectivity index (χ2n) is 5.71. The van der Waals surface area contributed by atoms with E-state index in [1.165, 1.54) is 19.3 Å². The zero-order valence-electron chi connectivity index (χ0n) is 11.8. The van der Waals surface area contributed by atoms with Crippen LogP contribution in [0.15, 0.2) is 28.7 Å². The van der Waals surface area contributed by atoms with E-state index in [1.54, 1.807) is 0 Å². The van der Waals surface area contributed by atoms with Gasteiger partial charge in [-0.05, 0) is 44.6 Å². The Morgan fingerprint density at radius 2 is 1.74 bits per heavy atom. The van der Waals surface area contributed by atoms with Crippen LogP contribution >= 0.6 is 15.9 Å². The molecule has 0 radical (unpaired) electrons. The highest BCUT2D eigenvalue weighted by Gasteiger charge is 2.40. The van der Waals surface area contributed by atoms with Crippen LogP contribution in [0.3, 0.4) is 0 Å². The lowest BCUT2D eigenvalue weighted by Gasteiger charge is -2.41. The zero-order chi connectivity index (χ0) is 13.9. The van der Waals surface area contributed by atoms with Crippen LogP contribution < -0.4 is 0 Å². The largest absolute Gasteiger partial charge is 0.297 e. The maximum absolute atomic E-state index is 12.8. The van der Waals surface area contributed by atoms with Crippen LogP contribution in [-0.2, 0) is 11.2 Å². The van der Waals surface area contributed by atoms with Crippen molar-refractivity contribution in [2.75, 3.05) is 14.1 Å². The average molecular weight is 324 g/mol. The van der Waals surface area contributed by atoms with E-state index in [1.807, 2.05) is 38.4 Å². The highest BCUT2D eigenvalue weighted by Crippen LogP contribution is 2.34. The third-order valence-corrected chi connectivity index (χ3v) is 4.86. The van der Waals surface area contributed by atoms with Crippen molar-refractivity contribution in [3.05, 3.63) is 34.3 Å². The maximum atomic E-state index is 12.8. The molecular formula is C16H22BrNO. The van der Waals surface area contributed by atoms with Gasteiger partial charge in [-0.15, -0.1) is 0 Å². The summed E-state index contributed by atoms with van der Waals surface area (Å²) in [4.78, 5) is 14.9. The number of halogens is 1. The monoisotopic (exact) mass is 323 g/mol. The van der Waals surface area contributed by atoms with E-state index >= 15 is 0 Å². The Morgan fingerprint density at radius 1 is 1.16 bits per heavy atom. The molecule has 0 spiro atoms. The molecule has 1 aliphatic carbocycles. The van der Waals surface area contributed by atoms with Gasteiger partial charge in [-0.1, -0.05) is 47.3 Å². The molecule has 1 aromatic rings. The predicted octanol–water partition coefficient (Wildman–Crippen LogP) is 3.83. The molecule has 1 aliphatic rings. The number of hydrogen-bond acceptors (Lipinski definition) is 2. The number of carbonyl (C=O) groups is 1. The van der Waals surface area contributed by atoms with Gasteiger partial charge < -0.3 is 0 Å². The van der Waals surface area contributed by atoms with Gasteiger partial charge in [0, 0.05) is 10.9 Å². The molecule has 0 saturated heterocycles. The minimum atomic E-state index is -0.231. The Bertz CT molecular complexity index is 433. The molecule has 104 valence electrons. The van der Waals surface area contributed by atoms with Gasteiger partial charge >= 0.3 is 0 Å². The predicted molar refractivity (Wildman–Crippen MR) is 82.4 cm³/mol. The maximum Gasteiger partial charge on any atom is 0.157 e. The number of nitrogens with zero attached hydrogens (tertiary/aromatic N) is 1. The first-order valence-corrected chi connectivity index (χ1v) is 7.79. The molecule has 0 N–H and O–H groups in total. The van der Waals surface area contributed by atoms with Gasteiger partial charge in [0.15, 0.2) is 5.78 Å². The molecule has 1 fully saturated rings. The summed E-state index contributed by atoms with van der Waals surface area (Å²) in [5, 5.41) is 0. The Kier molecular flexibility index (Phi) is 4.80. The SMILES string of the molecule is CN(C)C1(C(=O)Cc2ccc(Br)cc2)CCCCC1. The van der Waals surface area contributed by atoms with Crippen LogP contribution in [0.4, 0.5) is 0 Å². The Balaban J connectivity index is 2.14. The quantitative estimate of drug-likeness (QED) is 0.839. The fourth-order valence-corrected chi connectivity index (χ4v) is 3.33. The first-order chi connectivity index (χ1) is 9.04. The van der Waals surface area contributed by atoms with E-state index in [4.69, 9.17) is 0 Å². The number of ketones is 1. The van der Waals surface area contributed by atoms with Crippen molar-refractivity contribution in [2.45, 2.75) is 44.1 Å². The van der Waals surface area contributed by atoms with Crippen LogP contribution in [-0.4, -0.2) is 30.3 Å². The average Bonchev–Trinajstić information content (AvgIpc) is 2.42. The number of Topliss-reactive ketones (excluding diaryl/α,β-unsaturated/α-hetero) is 1. The fourth-order valence-electron chi connectivity index (χ4n) is 3.06.